The van der Waals surface area contributed by atoms with E-state index >= 15 is 0 Å². The lowest BCUT2D eigenvalue weighted by molar-refractivity contribution is -0.128. The van der Waals surface area contributed by atoms with Crippen molar-refractivity contribution in [2.45, 2.75) is 0 Å². The van der Waals surface area contributed by atoms with Crippen LogP contribution >= 0.6 is 11.3 Å². The van der Waals surface area contributed by atoms with Crippen LogP contribution in [0, 0.1) is 0 Å². The summed E-state index contributed by atoms with van der Waals surface area (Å²) in [4.78, 5) is 29.4. The van der Waals surface area contributed by atoms with Crippen LogP contribution in [0.1, 0.15) is 11.3 Å². The number of rotatable bonds is 5. The van der Waals surface area contributed by atoms with E-state index in [2.05, 4.69) is 15.2 Å². The molecule has 32 heavy (non-hydrogen) atoms. The number of esters is 1. The van der Waals surface area contributed by atoms with E-state index in [0.29, 0.717) is 26.8 Å². The molecule has 0 radical (unpaired) electrons. The molecule has 4 heterocycles. The Morgan fingerprint density at radius 2 is 1.88 bits per heavy atom. The van der Waals surface area contributed by atoms with Gasteiger partial charge in [0.15, 0.2) is 5.82 Å². The number of hydrogen-bond acceptors (Lipinski definition) is 8. The Morgan fingerprint density at radius 3 is 2.62 bits per heavy atom. The van der Waals surface area contributed by atoms with E-state index in [9.17, 15) is 9.59 Å². The molecule has 0 amide bonds. The summed E-state index contributed by atoms with van der Waals surface area (Å²) in [6, 6.07) is 13.9. The number of benzene rings is 1. The molecule has 5 aromatic rings. The summed E-state index contributed by atoms with van der Waals surface area (Å²) in [5.41, 5.74) is 1.36. The maximum Gasteiger partial charge on any atom is 0.336 e. The first-order valence-corrected chi connectivity index (χ1v) is 10.3. The summed E-state index contributed by atoms with van der Waals surface area (Å²) >= 11 is 1.26. The second-order valence-electron chi connectivity index (χ2n) is 6.63. The number of hydrogen-bond donors (Lipinski definition) is 0. The molecule has 8 nitrogen and oxygen atoms in total. The highest BCUT2D eigenvalue weighted by molar-refractivity contribution is 7.15. The molecule has 0 N–H and O–H groups in total. The molecule has 9 heteroatoms. The standard InChI is InChI=1S/C23H14N4O4S/c28-20(8-7-17-2-1-13-30-17)31-18-5-3-15(4-6-18)14-19-22(29)27-21(25-26-23(27)32-19)16-9-11-24-12-10-16/h1-14H/b8-7+,19-14-. The van der Waals surface area contributed by atoms with E-state index in [1.54, 1.807) is 67.0 Å². The van der Waals surface area contributed by atoms with Gasteiger partial charge in [0.2, 0.25) is 4.96 Å². The van der Waals surface area contributed by atoms with Gasteiger partial charge in [-0.05, 0) is 54.1 Å². The summed E-state index contributed by atoms with van der Waals surface area (Å²) in [6.07, 6.45) is 9.39. The Kier molecular flexibility index (Phi) is 5.14. The maximum absolute atomic E-state index is 12.9. The summed E-state index contributed by atoms with van der Waals surface area (Å²) < 4.78 is 12.4. The Balaban J connectivity index is 1.37. The van der Waals surface area contributed by atoms with E-state index in [1.165, 1.54) is 34.2 Å². The van der Waals surface area contributed by atoms with Gasteiger partial charge in [-0.2, -0.15) is 0 Å². The molecule has 0 atom stereocenters. The van der Waals surface area contributed by atoms with Gasteiger partial charge in [-0.3, -0.25) is 9.78 Å². The molecule has 0 spiro atoms. The van der Waals surface area contributed by atoms with Crippen LogP contribution in [-0.2, 0) is 4.79 Å². The number of ether oxygens (including phenoxy) is 1. The van der Waals surface area contributed by atoms with Gasteiger partial charge in [0, 0.05) is 24.0 Å². The fourth-order valence-electron chi connectivity index (χ4n) is 3.02. The van der Waals surface area contributed by atoms with Crippen molar-refractivity contribution < 1.29 is 13.9 Å². The van der Waals surface area contributed by atoms with Gasteiger partial charge < -0.3 is 9.15 Å². The number of nitrogens with zero attached hydrogens (tertiary/aromatic N) is 4. The first-order valence-electron chi connectivity index (χ1n) is 9.51. The molecule has 0 saturated heterocycles. The Bertz CT molecular complexity index is 1520. The summed E-state index contributed by atoms with van der Waals surface area (Å²) in [7, 11) is 0. The number of thiazole rings is 1. The Hall–Kier alpha value is -4.37. The third kappa shape index (κ3) is 3.96. The van der Waals surface area contributed by atoms with Crippen molar-refractivity contribution in [1.29, 1.82) is 0 Å². The number of carbonyl (C=O) groups is 1. The topological polar surface area (TPSA) is 99.6 Å². The van der Waals surface area contributed by atoms with Gasteiger partial charge in [0.05, 0.1) is 10.8 Å². The smallest absolute Gasteiger partial charge is 0.336 e. The molecule has 1 aromatic carbocycles. The molecule has 156 valence electrons. The molecule has 0 aliphatic carbocycles. The van der Waals surface area contributed by atoms with Crippen molar-refractivity contribution in [1.82, 2.24) is 19.6 Å². The van der Waals surface area contributed by atoms with Crippen LogP contribution in [0.2, 0.25) is 0 Å². The normalized spacial score (nSPS) is 12.1. The van der Waals surface area contributed by atoms with Crippen molar-refractivity contribution in [3.05, 3.63) is 99.5 Å². The Morgan fingerprint density at radius 1 is 1.06 bits per heavy atom. The predicted molar refractivity (Wildman–Crippen MR) is 119 cm³/mol. The van der Waals surface area contributed by atoms with Crippen LogP contribution in [-0.4, -0.2) is 25.6 Å². The van der Waals surface area contributed by atoms with Gasteiger partial charge in [-0.1, -0.05) is 23.5 Å². The summed E-state index contributed by atoms with van der Waals surface area (Å²) in [6.45, 7) is 0. The predicted octanol–water partition coefficient (Wildman–Crippen LogP) is 2.97. The van der Waals surface area contributed by atoms with Gasteiger partial charge in [-0.15, -0.1) is 10.2 Å². The number of fused-ring (bicyclic) bond motifs is 1. The molecular formula is C23H14N4O4S. The average Bonchev–Trinajstić information content (AvgIpc) is 3.54. The molecule has 0 saturated carbocycles. The molecule has 0 bridgehead atoms. The van der Waals surface area contributed by atoms with E-state index in [-0.39, 0.29) is 5.56 Å². The van der Waals surface area contributed by atoms with Gasteiger partial charge in [0.1, 0.15) is 11.5 Å². The van der Waals surface area contributed by atoms with E-state index < -0.39 is 5.97 Å². The van der Waals surface area contributed by atoms with E-state index in [4.69, 9.17) is 9.15 Å². The SMILES string of the molecule is O=C(/C=C/c1ccco1)Oc1ccc(/C=c2\sc3nnc(-c4ccncc4)n3c2=O)cc1. The highest BCUT2D eigenvalue weighted by Gasteiger charge is 2.14. The number of aromatic nitrogens is 4. The minimum Gasteiger partial charge on any atom is -0.465 e. The first-order chi connectivity index (χ1) is 15.7. The number of furan rings is 1. The maximum atomic E-state index is 12.9. The molecule has 5 rings (SSSR count). The monoisotopic (exact) mass is 442 g/mol. The van der Waals surface area contributed by atoms with Crippen LogP contribution in [0.25, 0.3) is 28.5 Å². The van der Waals surface area contributed by atoms with Crippen LogP contribution in [0.3, 0.4) is 0 Å². The zero-order chi connectivity index (χ0) is 21.9. The molecule has 0 unspecified atom stereocenters. The van der Waals surface area contributed by atoms with E-state index in [1.807, 2.05) is 0 Å². The highest BCUT2D eigenvalue weighted by Crippen LogP contribution is 2.17. The van der Waals surface area contributed by atoms with Crippen molar-refractivity contribution >= 4 is 34.4 Å². The van der Waals surface area contributed by atoms with Crippen molar-refractivity contribution in [2.75, 3.05) is 0 Å². The minimum absolute atomic E-state index is 0.194. The molecular weight excluding hydrogens is 428 g/mol. The number of pyridine rings is 1. The second-order valence-corrected chi connectivity index (χ2v) is 7.64. The van der Waals surface area contributed by atoms with Gasteiger partial charge in [-0.25, -0.2) is 9.20 Å². The quantitative estimate of drug-likeness (QED) is 0.234. The van der Waals surface area contributed by atoms with Gasteiger partial charge >= 0.3 is 5.97 Å². The molecule has 4 aromatic heterocycles. The zero-order valence-electron chi connectivity index (χ0n) is 16.4. The van der Waals surface area contributed by atoms with E-state index in [0.717, 1.165) is 11.1 Å². The molecule has 0 aliphatic rings. The second kappa shape index (κ2) is 8.40. The lowest BCUT2D eigenvalue weighted by atomic mass is 10.2. The molecule has 0 aliphatic heterocycles. The van der Waals surface area contributed by atoms with Crippen molar-refractivity contribution in [3.63, 3.8) is 0 Å². The van der Waals surface area contributed by atoms with Crippen LogP contribution in [0.5, 0.6) is 5.75 Å². The average molecular weight is 442 g/mol. The summed E-state index contributed by atoms with van der Waals surface area (Å²) in [5, 5.41) is 8.25. The first kappa shape index (κ1) is 19.6. The lowest BCUT2D eigenvalue weighted by Gasteiger charge is -2.01. The van der Waals surface area contributed by atoms with Crippen molar-refractivity contribution in [2.24, 2.45) is 0 Å². The molecule has 0 fully saturated rings. The lowest BCUT2D eigenvalue weighted by Crippen LogP contribution is -2.23. The van der Waals surface area contributed by atoms with Crippen LogP contribution in [0.15, 0.2) is 82.5 Å². The fourth-order valence-corrected chi connectivity index (χ4v) is 3.93. The zero-order valence-corrected chi connectivity index (χ0v) is 17.2. The minimum atomic E-state index is -0.518. The highest BCUT2D eigenvalue weighted by atomic mass is 32.1. The summed E-state index contributed by atoms with van der Waals surface area (Å²) in [5.74, 6) is 0.914. The van der Waals surface area contributed by atoms with Gasteiger partial charge in [0.25, 0.3) is 5.56 Å². The third-order valence-corrected chi connectivity index (χ3v) is 5.47. The number of carbonyl (C=O) groups excluding carboxylic acids is 1. The fraction of sp³-hybridized carbons (Fsp3) is 0. The Labute approximate surface area is 184 Å². The van der Waals surface area contributed by atoms with Crippen LogP contribution in [0.4, 0.5) is 0 Å². The van der Waals surface area contributed by atoms with Crippen molar-refractivity contribution in [3.8, 4) is 17.1 Å². The largest absolute Gasteiger partial charge is 0.465 e. The van der Waals surface area contributed by atoms with Crippen LogP contribution < -0.4 is 14.8 Å². The third-order valence-electron chi connectivity index (χ3n) is 4.51.